The van der Waals surface area contributed by atoms with Crippen molar-refractivity contribution in [1.82, 2.24) is 20.2 Å². The zero-order chi connectivity index (χ0) is 19.5. The van der Waals surface area contributed by atoms with Gasteiger partial charge in [0.15, 0.2) is 5.69 Å². The number of carbonyl (C=O) groups is 1. The molecule has 1 fully saturated rings. The summed E-state index contributed by atoms with van der Waals surface area (Å²) in [6, 6.07) is 5.36. The highest BCUT2D eigenvalue weighted by atomic mass is 35.5. The number of nitrogens with zero attached hydrogens (tertiary/aromatic N) is 3. The molecule has 1 amide bonds. The van der Waals surface area contributed by atoms with Crippen LogP contribution in [0.15, 0.2) is 34.3 Å². The Labute approximate surface area is 170 Å². The molecule has 2 aromatic heterocycles. The van der Waals surface area contributed by atoms with Gasteiger partial charge in [-0.25, -0.2) is 4.98 Å². The largest absolute Gasteiger partial charge is 0.431 e. The van der Waals surface area contributed by atoms with Gasteiger partial charge >= 0.3 is 0 Å². The van der Waals surface area contributed by atoms with E-state index in [4.69, 9.17) is 26.7 Å². The van der Waals surface area contributed by atoms with E-state index in [0.717, 1.165) is 49.0 Å². The Kier molecular flexibility index (Phi) is 5.58. The summed E-state index contributed by atoms with van der Waals surface area (Å²) in [6.45, 7) is 4.90. The minimum atomic E-state index is -0.446. The molecule has 1 aliphatic heterocycles. The lowest BCUT2D eigenvalue weighted by atomic mass is 10.2. The topological polar surface area (TPSA) is 109 Å². The number of oxazole rings is 1. The Morgan fingerprint density at radius 3 is 2.93 bits per heavy atom. The van der Waals surface area contributed by atoms with E-state index in [2.05, 4.69) is 25.9 Å². The summed E-state index contributed by atoms with van der Waals surface area (Å²) in [5.41, 5.74) is 7.90. The molecular formula is C18H19ClN6O2S. The van der Waals surface area contributed by atoms with Crippen molar-refractivity contribution in [3.8, 4) is 10.6 Å². The van der Waals surface area contributed by atoms with Gasteiger partial charge in [-0.15, -0.1) is 11.3 Å². The highest BCUT2D eigenvalue weighted by Crippen LogP contribution is 2.31. The Morgan fingerprint density at radius 2 is 2.18 bits per heavy atom. The first-order valence-corrected chi connectivity index (χ1v) is 10.0. The van der Waals surface area contributed by atoms with Gasteiger partial charge in [-0.05, 0) is 12.1 Å². The second-order valence-corrected chi connectivity index (χ2v) is 7.66. The summed E-state index contributed by atoms with van der Waals surface area (Å²) in [5, 5.41) is 9.46. The summed E-state index contributed by atoms with van der Waals surface area (Å²) in [7, 11) is 0. The van der Waals surface area contributed by atoms with Crippen molar-refractivity contribution in [1.29, 1.82) is 0 Å². The minimum absolute atomic E-state index is 0.0650. The van der Waals surface area contributed by atoms with Gasteiger partial charge < -0.3 is 20.8 Å². The molecule has 0 saturated carbocycles. The average molecular weight is 419 g/mol. The van der Waals surface area contributed by atoms with E-state index in [1.54, 1.807) is 23.5 Å². The summed E-state index contributed by atoms with van der Waals surface area (Å²) < 4.78 is 4.87. The van der Waals surface area contributed by atoms with Crippen LogP contribution in [-0.4, -0.2) is 47.0 Å². The fourth-order valence-corrected chi connectivity index (χ4v) is 3.92. The number of hydrogen-bond donors (Lipinski definition) is 3. The van der Waals surface area contributed by atoms with E-state index in [9.17, 15) is 4.79 Å². The van der Waals surface area contributed by atoms with Crippen LogP contribution in [0.3, 0.4) is 0 Å². The van der Waals surface area contributed by atoms with Crippen LogP contribution in [0.4, 0.5) is 11.7 Å². The van der Waals surface area contributed by atoms with Crippen LogP contribution < -0.4 is 16.4 Å². The Hall–Kier alpha value is -2.46. The molecule has 0 bridgehead atoms. The Morgan fingerprint density at radius 1 is 1.36 bits per heavy atom. The first-order valence-electron chi connectivity index (χ1n) is 8.78. The molecule has 4 N–H and O–H groups in total. The third-order valence-corrected chi connectivity index (χ3v) is 5.63. The van der Waals surface area contributed by atoms with E-state index < -0.39 is 5.91 Å². The number of rotatable bonds is 5. The molecule has 3 heterocycles. The standard InChI is InChI=1S/C18H19ClN6O2S/c19-13-2-1-11(7-14(13)23-16(26)15-9-27-18(20)24-15)17-22-12(10-28-17)8-25-5-3-21-4-6-25/h1-2,7,9-10,21H,3-6,8H2,(H2,20,24)(H,23,26). The van der Waals surface area contributed by atoms with Crippen LogP contribution in [0, 0.1) is 0 Å². The molecular weight excluding hydrogens is 400 g/mol. The number of nitrogens with one attached hydrogen (secondary N) is 2. The van der Waals surface area contributed by atoms with Gasteiger partial charge in [-0.1, -0.05) is 17.7 Å². The van der Waals surface area contributed by atoms with Crippen molar-refractivity contribution in [2.75, 3.05) is 37.2 Å². The Balaban J connectivity index is 1.49. The molecule has 28 heavy (non-hydrogen) atoms. The van der Waals surface area contributed by atoms with Gasteiger partial charge in [0, 0.05) is 43.7 Å². The summed E-state index contributed by atoms with van der Waals surface area (Å²) in [4.78, 5) is 23.2. The number of anilines is 2. The van der Waals surface area contributed by atoms with Gasteiger partial charge in [0.2, 0.25) is 0 Å². The van der Waals surface area contributed by atoms with E-state index in [-0.39, 0.29) is 11.7 Å². The van der Waals surface area contributed by atoms with Crippen LogP contribution in [0.1, 0.15) is 16.2 Å². The molecule has 0 aliphatic carbocycles. The molecule has 8 nitrogen and oxygen atoms in total. The number of nitrogens with two attached hydrogens (primary N) is 1. The number of thiazole rings is 1. The summed E-state index contributed by atoms with van der Waals surface area (Å²) >= 11 is 7.81. The van der Waals surface area contributed by atoms with E-state index >= 15 is 0 Å². The first-order chi connectivity index (χ1) is 13.6. The number of amides is 1. The second kappa shape index (κ2) is 8.27. The van der Waals surface area contributed by atoms with E-state index in [0.29, 0.717) is 10.7 Å². The third-order valence-electron chi connectivity index (χ3n) is 4.36. The van der Waals surface area contributed by atoms with Gasteiger partial charge in [0.1, 0.15) is 11.3 Å². The zero-order valence-corrected chi connectivity index (χ0v) is 16.5. The SMILES string of the molecule is Nc1nc(C(=O)Nc2cc(-c3nc(CN4CCNCC4)cs3)ccc2Cl)co1. The number of halogens is 1. The van der Waals surface area contributed by atoms with Crippen molar-refractivity contribution in [3.63, 3.8) is 0 Å². The molecule has 1 saturated heterocycles. The summed E-state index contributed by atoms with van der Waals surface area (Å²) in [6.07, 6.45) is 1.20. The molecule has 3 aromatic rings. The lowest BCUT2D eigenvalue weighted by molar-refractivity contribution is 0.102. The molecule has 0 unspecified atom stereocenters. The van der Waals surface area contributed by atoms with Crippen LogP contribution in [0.2, 0.25) is 5.02 Å². The number of benzene rings is 1. The van der Waals surface area contributed by atoms with E-state index in [1.807, 2.05) is 6.07 Å². The number of piperazine rings is 1. The number of hydrogen-bond acceptors (Lipinski definition) is 8. The second-order valence-electron chi connectivity index (χ2n) is 6.39. The van der Waals surface area contributed by atoms with E-state index in [1.165, 1.54) is 6.26 Å². The lowest BCUT2D eigenvalue weighted by Gasteiger charge is -2.26. The Bertz CT molecular complexity index is 982. The minimum Gasteiger partial charge on any atom is -0.431 e. The smallest absolute Gasteiger partial charge is 0.292 e. The van der Waals surface area contributed by atoms with Gasteiger partial charge in [0.05, 0.1) is 16.4 Å². The van der Waals surface area contributed by atoms with Crippen LogP contribution in [-0.2, 0) is 6.54 Å². The van der Waals surface area contributed by atoms with Crippen molar-refractivity contribution in [3.05, 3.63) is 46.3 Å². The van der Waals surface area contributed by atoms with Crippen molar-refractivity contribution < 1.29 is 9.21 Å². The maximum absolute atomic E-state index is 12.3. The highest BCUT2D eigenvalue weighted by molar-refractivity contribution is 7.13. The first kappa shape index (κ1) is 18.9. The van der Waals surface area contributed by atoms with Crippen LogP contribution >= 0.6 is 22.9 Å². The lowest BCUT2D eigenvalue weighted by Crippen LogP contribution is -2.42. The molecule has 4 rings (SSSR count). The maximum Gasteiger partial charge on any atom is 0.292 e. The average Bonchev–Trinajstić information content (AvgIpc) is 3.33. The summed E-state index contributed by atoms with van der Waals surface area (Å²) in [5.74, 6) is -0.446. The van der Waals surface area contributed by atoms with Crippen molar-refractivity contribution in [2.24, 2.45) is 0 Å². The third kappa shape index (κ3) is 4.33. The fraction of sp³-hybridized carbons (Fsp3) is 0.278. The van der Waals surface area contributed by atoms with Crippen LogP contribution in [0.5, 0.6) is 0 Å². The number of aromatic nitrogens is 2. The predicted octanol–water partition coefficient (Wildman–Crippen LogP) is 2.69. The fourth-order valence-electron chi connectivity index (χ4n) is 2.94. The molecule has 0 spiro atoms. The predicted molar refractivity (Wildman–Crippen MR) is 110 cm³/mol. The maximum atomic E-state index is 12.3. The molecule has 0 radical (unpaired) electrons. The van der Waals surface area contributed by atoms with Crippen molar-refractivity contribution >= 4 is 40.5 Å². The van der Waals surface area contributed by atoms with Crippen LogP contribution in [0.25, 0.3) is 10.6 Å². The molecule has 0 atom stereocenters. The molecule has 1 aliphatic rings. The number of nitrogen functional groups attached to an aromatic ring is 1. The molecule has 146 valence electrons. The van der Waals surface area contributed by atoms with Gasteiger partial charge in [-0.3, -0.25) is 9.69 Å². The number of carbonyl (C=O) groups excluding carboxylic acids is 1. The quantitative estimate of drug-likeness (QED) is 0.584. The van der Waals surface area contributed by atoms with Gasteiger partial charge in [-0.2, -0.15) is 4.98 Å². The zero-order valence-electron chi connectivity index (χ0n) is 14.9. The molecule has 1 aromatic carbocycles. The molecule has 10 heteroatoms. The normalized spacial score (nSPS) is 14.9. The monoisotopic (exact) mass is 418 g/mol. The highest BCUT2D eigenvalue weighted by Gasteiger charge is 2.16. The van der Waals surface area contributed by atoms with Crippen molar-refractivity contribution in [2.45, 2.75) is 6.54 Å². The van der Waals surface area contributed by atoms with Gasteiger partial charge in [0.25, 0.3) is 11.9 Å².